The van der Waals surface area contributed by atoms with Crippen LogP contribution < -0.4 is 9.64 Å². The number of alkyl halides is 3. The monoisotopic (exact) mass is 417 g/mol. The van der Waals surface area contributed by atoms with Crippen LogP contribution in [-0.4, -0.2) is 19.7 Å². The van der Waals surface area contributed by atoms with Crippen molar-refractivity contribution in [3.63, 3.8) is 0 Å². The fraction of sp³-hybridized carbons (Fsp3) is 0.261. The van der Waals surface area contributed by atoms with Crippen LogP contribution in [0.25, 0.3) is 0 Å². The van der Waals surface area contributed by atoms with Crippen LogP contribution in [0.1, 0.15) is 30.9 Å². The standard InChI is InChI=1S/C23H22F3NO3/c1-4-30-22(28)21-15(2)27(16-9-11-17(29-3)12-10-16)14-13-19(21)18-7-5-6-8-20(18)23(24,25)26/h5-14,19H,4H2,1-3H3/t19-/m1/s1. The molecule has 0 aliphatic carbocycles. The highest BCUT2D eigenvalue weighted by Crippen LogP contribution is 2.42. The summed E-state index contributed by atoms with van der Waals surface area (Å²) in [5.74, 6) is -0.847. The van der Waals surface area contributed by atoms with E-state index in [-0.39, 0.29) is 17.7 Å². The van der Waals surface area contributed by atoms with Crippen molar-refractivity contribution in [2.45, 2.75) is 25.9 Å². The number of esters is 1. The van der Waals surface area contributed by atoms with Crippen LogP contribution in [-0.2, 0) is 15.7 Å². The van der Waals surface area contributed by atoms with Gasteiger partial charge in [0.25, 0.3) is 0 Å². The minimum absolute atomic E-state index is 0.0121. The number of ether oxygens (including phenoxy) is 2. The van der Waals surface area contributed by atoms with Crippen LogP contribution >= 0.6 is 0 Å². The fourth-order valence-electron chi connectivity index (χ4n) is 3.53. The SMILES string of the molecule is CCOC(=O)C1=C(C)N(c2ccc(OC)cc2)C=C[C@@H]1c1ccccc1C(F)(F)F. The minimum atomic E-state index is -4.54. The number of hydrogen-bond donors (Lipinski definition) is 0. The lowest BCUT2D eigenvalue weighted by Crippen LogP contribution is -2.27. The normalized spacial score (nSPS) is 16.6. The van der Waals surface area contributed by atoms with Crippen LogP contribution in [0.3, 0.4) is 0 Å². The highest BCUT2D eigenvalue weighted by Gasteiger charge is 2.38. The van der Waals surface area contributed by atoms with E-state index in [0.29, 0.717) is 11.4 Å². The van der Waals surface area contributed by atoms with Crippen molar-refractivity contribution in [1.82, 2.24) is 0 Å². The molecular formula is C23H22F3NO3. The minimum Gasteiger partial charge on any atom is -0.497 e. The highest BCUT2D eigenvalue weighted by molar-refractivity contribution is 5.93. The number of allylic oxidation sites excluding steroid dienone is 2. The Labute approximate surface area is 173 Å². The van der Waals surface area contributed by atoms with Crippen molar-refractivity contribution in [3.05, 3.63) is 83.2 Å². The Balaban J connectivity index is 2.11. The van der Waals surface area contributed by atoms with Crippen LogP contribution in [0, 0.1) is 0 Å². The lowest BCUT2D eigenvalue weighted by Gasteiger charge is -2.32. The Kier molecular flexibility index (Phi) is 6.20. The largest absolute Gasteiger partial charge is 0.497 e. The van der Waals surface area contributed by atoms with Crippen LogP contribution in [0.15, 0.2) is 72.1 Å². The summed E-state index contributed by atoms with van der Waals surface area (Å²) in [4.78, 5) is 14.5. The molecule has 0 fully saturated rings. The lowest BCUT2D eigenvalue weighted by molar-refractivity contribution is -0.140. The number of halogens is 3. The van der Waals surface area contributed by atoms with Gasteiger partial charge in [-0.15, -0.1) is 0 Å². The summed E-state index contributed by atoms with van der Waals surface area (Å²) in [5.41, 5.74) is 0.661. The Morgan fingerprint density at radius 3 is 2.37 bits per heavy atom. The summed E-state index contributed by atoms with van der Waals surface area (Å²) in [5, 5.41) is 0. The van der Waals surface area contributed by atoms with Crippen molar-refractivity contribution in [2.24, 2.45) is 0 Å². The molecule has 2 aromatic rings. The van der Waals surface area contributed by atoms with Gasteiger partial charge in [0.1, 0.15) is 5.75 Å². The number of rotatable bonds is 5. The molecule has 158 valence electrons. The molecule has 0 saturated carbocycles. The van der Waals surface area contributed by atoms with Gasteiger partial charge in [-0.2, -0.15) is 13.2 Å². The third-order valence-corrected chi connectivity index (χ3v) is 4.94. The van der Waals surface area contributed by atoms with Crippen molar-refractivity contribution in [1.29, 1.82) is 0 Å². The topological polar surface area (TPSA) is 38.8 Å². The smallest absolute Gasteiger partial charge is 0.416 e. The van der Waals surface area contributed by atoms with E-state index in [4.69, 9.17) is 9.47 Å². The average Bonchev–Trinajstić information content (AvgIpc) is 2.73. The van der Waals surface area contributed by atoms with E-state index in [2.05, 4.69) is 0 Å². The molecule has 0 amide bonds. The molecule has 0 unspecified atom stereocenters. The number of hydrogen-bond acceptors (Lipinski definition) is 4. The van der Waals surface area contributed by atoms with Gasteiger partial charge < -0.3 is 14.4 Å². The summed E-state index contributed by atoms with van der Waals surface area (Å²) in [6.07, 6.45) is -1.27. The van der Waals surface area contributed by atoms with Gasteiger partial charge in [0.05, 0.1) is 24.9 Å². The highest BCUT2D eigenvalue weighted by atomic mass is 19.4. The molecule has 1 atom stereocenters. The molecule has 0 N–H and O–H groups in total. The molecule has 4 nitrogen and oxygen atoms in total. The molecule has 0 spiro atoms. The molecule has 2 aromatic carbocycles. The molecule has 0 aromatic heterocycles. The molecule has 7 heteroatoms. The molecule has 1 heterocycles. The zero-order chi connectivity index (χ0) is 21.9. The van der Waals surface area contributed by atoms with Gasteiger partial charge in [-0.25, -0.2) is 4.79 Å². The van der Waals surface area contributed by atoms with Gasteiger partial charge in [0.15, 0.2) is 0 Å². The maximum atomic E-state index is 13.6. The number of methoxy groups -OCH3 is 1. The first kappa shape index (κ1) is 21.5. The van der Waals surface area contributed by atoms with Gasteiger partial charge in [-0.05, 0) is 49.7 Å². The van der Waals surface area contributed by atoms with E-state index in [9.17, 15) is 18.0 Å². The molecule has 0 radical (unpaired) electrons. The van der Waals surface area contributed by atoms with E-state index in [1.165, 1.54) is 18.2 Å². The third-order valence-electron chi connectivity index (χ3n) is 4.94. The Hall–Kier alpha value is -3.22. The van der Waals surface area contributed by atoms with Crippen LogP contribution in [0.2, 0.25) is 0 Å². The van der Waals surface area contributed by atoms with Crippen molar-refractivity contribution >= 4 is 11.7 Å². The molecule has 30 heavy (non-hydrogen) atoms. The maximum Gasteiger partial charge on any atom is 0.416 e. The van der Waals surface area contributed by atoms with E-state index in [1.807, 2.05) is 0 Å². The predicted molar refractivity (Wildman–Crippen MR) is 108 cm³/mol. The quantitative estimate of drug-likeness (QED) is 0.588. The molecule has 3 rings (SSSR count). The zero-order valence-electron chi connectivity index (χ0n) is 16.9. The van der Waals surface area contributed by atoms with Gasteiger partial charge in [-0.1, -0.05) is 24.3 Å². The lowest BCUT2D eigenvalue weighted by atomic mass is 9.84. The molecular weight excluding hydrogens is 395 g/mol. The number of anilines is 1. The Bertz CT molecular complexity index is 978. The van der Waals surface area contributed by atoms with E-state index < -0.39 is 23.6 Å². The number of benzene rings is 2. The number of carbonyl (C=O) groups is 1. The molecule has 1 aliphatic heterocycles. The second-order valence-corrected chi connectivity index (χ2v) is 6.69. The number of nitrogens with zero attached hydrogens (tertiary/aromatic N) is 1. The summed E-state index contributed by atoms with van der Waals surface area (Å²) in [7, 11) is 1.56. The summed E-state index contributed by atoms with van der Waals surface area (Å²) < 4.78 is 51.2. The van der Waals surface area contributed by atoms with Gasteiger partial charge in [0, 0.05) is 23.5 Å². The zero-order valence-corrected chi connectivity index (χ0v) is 16.9. The first-order valence-corrected chi connectivity index (χ1v) is 9.43. The third kappa shape index (κ3) is 4.20. The van der Waals surface area contributed by atoms with E-state index in [1.54, 1.807) is 62.4 Å². The predicted octanol–water partition coefficient (Wildman–Crippen LogP) is 5.67. The first-order valence-electron chi connectivity index (χ1n) is 9.43. The Morgan fingerprint density at radius 2 is 1.77 bits per heavy atom. The molecule has 1 aliphatic rings. The average molecular weight is 417 g/mol. The number of carbonyl (C=O) groups excluding carboxylic acids is 1. The second kappa shape index (κ2) is 8.65. The van der Waals surface area contributed by atoms with Crippen molar-refractivity contribution in [3.8, 4) is 5.75 Å². The van der Waals surface area contributed by atoms with Gasteiger partial charge in [0.2, 0.25) is 0 Å². The van der Waals surface area contributed by atoms with Gasteiger partial charge in [-0.3, -0.25) is 0 Å². The maximum absolute atomic E-state index is 13.6. The van der Waals surface area contributed by atoms with Gasteiger partial charge >= 0.3 is 12.1 Å². The van der Waals surface area contributed by atoms with Crippen molar-refractivity contribution in [2.75, 3.05) is 18.6 Å². The van der Waals surface area contributed by atoms with Crippen LogP contribution in [0.4, 0.5) is 18.9 Å². The summed E-state index contributed by atoms with van der Waals surface area (Å²) in [6.45, 7) is 3.48. The summed E-state index contributed by atoms with van der Waals surface area (Å²) >= 11 is 0. The summed E-state index contributed by atoms with van der Waals surface area (Å²) in [6, 6.07) is 12.4. The van der Waals surface area contributed by atoms with Crippen molar-refractivity contribution < 1.29 is 27.4 Å². The Morgan fingerprint density at radius 1 is 1.10 bits per heavy atom. The fourth-order valence-corrected chi connectivity index (χ4v) is 3.53. The molecule has 0 bridgehead atoms. The molecule has 0 saturated heterocycles. The van der Waals surface area contributed by atoms with Crippen LogP contribution in [0.5, 0.6) is 5.75 Å². The second-order valence-electron chi connectivity index (χ2n) is 6.69. The van der Waals surface area contributed by atoms with E-state index >= 15 is 0 Å². The van der Waals surface area contributed by atoms with E-state index in [0.717, 1.165) is 11.8 Å². The first-order chi connectivity index (χ1) is 14.3.